The smallest absolute Gasteiger partial charge is 0.139 e. The van der Waals surface area contributed by atoms with E-state index in [1.807, 2.05) is 12.1 Å². The fraction of sp³-hybridized carbons (Fsp3) is 0.385. The van der Waals surface area contributed by atoms with Gasteiger partial charge in [0.25, 0.3) is 0 Å². The molecule has 3 heterocycles. The summed E-state index contributed by atoms with van der Waals surface area (Å²) in [6.07, 6.45) is 7.72. The lowest BCUT2D eigenvalue weighted by Gasteiger charge is -2.20. The first kappa shape index (κ1) is 16.8. The van der Waals surface area contributed by atoms with Gasteiger partial charge in [0.15, 0.2) is 0 Å². The van der Waals surface area contributed by atoms with Crippen molar-refractivity contribution in [3.8, 4) is 0 Å². The van der Waals surface area contributed by atoms with Crippen molar-refractivity contribution in [2.24, 2.45) is 5.16 Å². The van der Waals surface area contributed by atoms with Gasteiger partial charge in [-0.25, -0.2) is 0 Å². The van der Waals surface area contributed by atoms with Crippen molar-refractivity contribution in [1.29, 1.82) is 0 Å². The molecule has 1 saturated heterocycles. The van der Waals surface area contributed by atoms with Crippen LogP contribution in [0, 0.1) is 0 Å². The first-order valence-corrected chi connectivity index (χ1v) is 6.24. The Bertz CT molecular complexity index is 519. The molecule has 0 bridgehead atoms. The van der Waals surface area contributed by atoms with E-state index in [1.165, 1.54) is 0 Å². The Balaban J connectivity index is 0.000001000. The Kier molecular flexibility index (Phi) is 6.78. The maximum absolute atomic E-state index is 5.45. The normalized spacial score (nSPS) is 18.5. The van der Waals surface area contributed by atoms with Crippen molar-refractivity contribution in [3.05, 3.63) is 30.2 Å². The first-order valence-electron chi connectivity index (χ1n) is 6.24. The first-order chi connectivity index (χ1) is 8.92. The Hall–Kier alpha value is -1.30. The molecule has 7 heteroatoms. The molecular weight excluding hydrogens is 299 g/mol. The van der Waals surface area contributed by atoms with Gasteiger partial charge in [-0.05, 0) is 31.5 Å². The molecule has 1 aliphatic heterocycles. The molecule has 1 unspecified atom stereocenters. The molecule has 0 radical (unpaired) electrons. The number of rotatable bonds is 3. The van der Waals surface area contributed by atoms with Crippen LogP contribution in [-0.4, -0.2) is 35.4 Å². The van der Waals surface area contributed by atoms with Crippen LogP contribution in [0.5, 0.6) is 0 Å². The molecule has 1 atom stereocenters. The van der Waals surface area contributed by atoms with Gasteiger partial charge in [0, 0.05) is 18.1 Å². The second-order valence-electron chi connectivity index (χ2n) is 4.50. The van der Waals surface area contributed by atoms with E-state index in [0.29, 0.717) is 0 Å². The third-order valence-corrected chi connectivity index (χ3v) is 3.10. The zero-order chi connectivity index (χ0) is 12.2. The van der Waals surface area contributed by atoms with Crippen molar-refractivity contribution in [2.45, 2.75) is 18.9 Å². The number of oxime groups is 1. The highest BCUT2D eigenvalue weighted by Crippen LogP contribution is 2.12. The monoisotopic (exact) mass is 316 g/mol. The number of hydrogen-bond donors (Lipinski definition) is 2. The molecule has 0 spiro atoms. The summed E-state index contributed by atoms with van der Waals surface area (Å²) in [5.74, 6) is 0. The topological polar surface area (TPSA) is 62.3 Å². The summed E-state index contributed by atoms with van der Waals surface area (Å²) in [6.45, 7) is 1.96. The second-order valence-corrected chi connectivity index (χ2v) is 4.50. The van der Waals surface area contributed by atoms with E-state index in [4.69, 9.17) is 4.84 Å². The Morgan fingerprint density at radius 2 is 2.30 bits per heavy atom. The van der Waals surface area contributed by atoms with Crippen LogP contribution in [0.4, 0.5) is 0 Å². The van der Waals surface area contributed by atoms with Gasteiger partial charge in [0.2, 0.25) is 0 Å². The molecule has 20 heavy (non-hydrogen) atoms. The third kappa shape index (κ3) is 4.10. The lowest BCUT2D eigenvalue weighted by molar-refractivity contribution is 0.0429. The molecule has 0 aliphatic carbocycles. The number of nitrogens with one attached hydrogen (secondary N) is 2. The van der Waals surface area contributed by atoms with Gasteiger partial charge in [0.1, 0.15) is 6.10 Å². The van der Waals surface area contributed by atoms with Crippen LogP contribution >= 0.6 is 24.8 Å². The van der Waals surface area contributed by atoms with Crippen LogP contribution < -0.4 is 5.32 Å². The summed E-state index contributed by atoms with van der Waals surface area (Å²) in [7, 11) is 0. The Morgan fingerprint density at radius 3 is 3.05 bits per heavy atom. The highest BCUT2D eigenvalue weighted by atomic mass is 35.5. The zero-order valence-electron chi connectivity index (χ0n) is 10.9. The van der Waals surface area contributed by atoms with Gasteiger partial charge in [-0.3, -0.25) is 4.98 Å². The van der Waals surface area contributed by atoms with Gasteiger partial charge in [-0.1, -0.05) is 5.16 Å². The van der Waals surface area contributed by atoms with Crippen LogP contribution in [0.2, 0.25) is 0 Å². The molecule has 5 nitrogen and oxygen atoms in total. The summed E-state index contributed by atoms with van der Waals surface area (Å²) in [5, 5.41) is 8.46. The summed E-state index contributed by atoms with van der Waals surface area (Å²) in [6, 6.07) is 4.00. The van der Waals surface area contributed by atoms with Gasteiger partial charge < -0.3 is 15.1 Å². The largest absolute Gasteiger partial charge is 0.391 e. The van der Waals surface area contributed by atoms with Crippen molar-refractivity contribution < 1.29 is 4.84 Å². The Labute approximate surface area is 130 Å². The van der Waals surface area contributed by atoms with Crippen LogP contribution in [0.3, 0.4) is 0 Å². The van der Waals surface area contributed by atoms with Crippen molar-refractivity contribution >= 4 is 41.9 Å². The van der Waals surface area contributed by atoms with E-state index in [-0.39, 0.29) is 30.9 Å². The predicted octanol–water partition coefficient (Wildman–Crippen LogP) is 2.51. The second kappa shape index (κ2) is 8.09. The average Bonchev–Trinajstić information content (AvgIpc) is 2.82. The molecule has 110 valence electrons. The summed E-state index contributed by atoms with van der Waals surface area (Å²) in [5.41, 5.74) is 1.94. The van der Waals surface area contributed by atoms with Gasteiger partial charge in [-0.2, -0.15) is 0 Å². The molecule has 1 fully saturated rings. The maximum Gasteiger partial charge on any atom is 0.139 e. The number of nitrogens with zero attached hydrogens (tertiary/aromatic N) is 2. The SMILES string of the molecule is C(=N\OC1CCCNC1)/c1cc2ccncc2[nH]1.Cl.Cl. The van der Waals surface area contributed by atoms with Crippen molar-refractivity contribution in [3.63, 3.8) is 0 Å². The lowest BCUT2D eigenvalue weighted by Crippen LogP contribution is -2.34. The molecule has 2 aromatic rings. The highest BCUT2D eigenvalue weighted by Gasteiger charge is 2.13. The van der Waals surface area contributed by atoms with E-state index in [1.54, 1.807) is 18.6 Å². The number of aromatic amines is 1. The van der Waals surface area contributed by atoms with E-state index >= 15 is 0 Å². The predicted molar refractivity (Wildman–Crippen MR) is 85.2 cm³/mol. The summed E-state index contributed by atoms with van der Waals surface area (Å²) < 4.78 is 0. The fourth-order valence-electron chi connectivity index (χ4n) is 2.15. The number of halogens is 2. The number of piperidine rings is 1. The van der Waals surface area contributed by atoms with Crippen LogP contribution in [0.15, 0.2) is 29.7 Å². The molecule has 0 amide bonds. The molecular formula is C13H18Cl2N4O. The van der Waals surface area contributed by atoms with Gasteiger partial charge >= 0.3 is 0 Å². The molecule has 2 N–H and O–H groups in total. The molecule has 2 aromatic heterocycles. The third-order valence-electron chi connectivity index (χ3n) is 3.10. The number of fused-ring (bicyclic) bond motifs is 1. The van der Waals surface area contributed by atoms with Crippen molar-refractivity contribution in [2.75, 3.05) is 13.1 Å². The standard InChI is InChI=1S/C13H16N4O.2ClH/c1-2-12(8-14-4-1)18-16-7-11-6-10-3-5-15-9-13(10)17-11;;/h3,5-7,9,12,14,17H,1-2,4,8H2;2*1H/b16-7+;;. The summed E-state index contributed by atoms with van der Waals surface area (Å²) >= 11 is 0. The fourth-order valence-corrected chi connectivity index (χ4v) is 2.15. The molecule has 3 rings (SSSR count). The van der Waals surface area contributed by atoms with Crippen LogP contribution in [-0.2, 0) is 4.84 Å². The van der Waals surface area contributed by atoms with E-state index < -0.39 is 0 Å². The number of hydrogen-bond acceptors (Lipinski definition) is 4. The van der Waals surface area contributed by atoms with Gasteiger partial charge in [0.05, 0.1) is 23.6 Å². The quantitative estimate of drug-likeness (QED) is 0.675. The minimum Gasteiger partial charge on any atom is -0.391 e. The van der Waals surface area contributed by atoms with Gasteiger partial charge in [-0.15, -0.1) is 24.8 Å². The minimum atomic E-state index is 0. The maximum atomic E-state index is 5.45. The number of pyridine rings is 1. The van der Waals surface area contributed by atoms with Crippen LogP contribution in [0.25, 0.3) is 10.9 Å². The molecule has 1 aliphatic rings. The zero-order valence-corrected chi connectivity index (χ0v) is 12.5. The minimum absolute atomic E-state index is 0. The van der Waals surface area contributed by atoms with E-state index in [9.17, 15) is 0 Å². The Morgan fingerprint density at radius 1 is 1.40 bits per heavy atom. The highest BCUT2D eigenvalue weighted by molar-refractivity contribution is 5.88. The van der Waals surface area contributed by atoms with Crippen LogP contribution in [0.1, 0.15) is 18.5 Å². The van der Waals surface area contributed by atoms with E-state index in [2.05, 4.69) is 20.4 Å². The molecule has 0 aromatic carbocycles. The van der Waals surface area contributed by atoms with E-state index in [0.717, 1.165) is 42.5 Å². The molecule has 0 saturated carbocycles. The lowest BCUT2D eigenvalue weighted by atomic mass is 10.1. The number of aromatic nitrogens is 2. The number of H-pyrrole nitrogens is 1. The average molecular weight is 317 g/mol. The summed E-state index contributed by atoms with van der Waals surface area (Å²) in [4.78, 5) is 12.7. The van der Waals surface area contributed by atoms with Crippen molar-refractivity contribution in [1.82, 2.24) is 15.3 Å².